The number of carbonyl (C=O) groups is 1. The van der Waals surface area contributed by atoms with Gasteiger partial charge in [-0.3, -0.25) is 4.79 Å². The van der Waals surface area contributed by atoms with Gasteiger partial charge >= 0.3 is 5.97 Å². The van der Waals surface area contributed by atoms with Crippen LogP contribution in [0.1, 0.15) is 69.7 Å². The van der Waals surface area contributed by atoms with Crippen molar-refractivity contribution in [2.24, 2.45) is 0 Å². The van der Waals surface area contributed by atoms with Crippen LogP contribution >= 0.6 is 0 Å². The molecule has 0 saturated heterocycles. The number of fused-ring (bicyclic) bond motifs is 1. The highest BCUT2D eigenvalue weighted by molar-refractivity contribution is 5.69. The van der Waals surface area contributed by atoms with E-state index < -0.39 is 0 Å². The lowest BCUT2D eigenvalue weighted by Crippen LogP contribution is -2.41. The van der Waals surface area contributed by atoms with E-state index in [1.54, 1.807) is 0 Å². The van der Waals surface area contributed by atoms with Crippen molar-refractivity contribution in [3.8, 4) is 17.6 Å². The van der Waals surface area contributed by atoms with Crippen LogP contribution < -0.4 is 4.74 Å². The van der Waals surface area contributed by atoms with Crippen molar-refractivity contribution in [3.05, 3.63) is 64.7 Å². The number of benzene rings is 2. The summed E-state index contributed by atoms with van der Waals surface area (Å²) in [6, 6.07) is 14.3. The number of carbonyl (C=O) groups excluding carboxylic acids is 1. The van der Waals surface area contributed by atoms with Gasteiger partial charge in [-0.05, 0) is 74.9 Å². The van der Waals surface area contributed by atoms with E-state index in [1.807, 2.05) is 43.3 Å². The predicted molar refractivity (Wildman–Crippen MR) is 116 cm³/mol. The third kappa shape index (κ3) is 5.41. The van der Waals surface area contributed by atoms with E-state index in [2.05, 4.69) is 45.6 Å². The molecule has 1 aliphatic heterocycles. The highest BCUT2D eigenvalue weighted by Crippen LogP contribution is 2.44. The molecule has 3 rings (SSSR count). The summed E-state index contributed by atoms with van der Waals surface area (Å²) < 4.78 is 11.1. The second-order valence-corrected chi connectivity index (χ2v) is 8.89. The summed E-state index contributed by atoms with van der Waals surface area (Å²) in [6.07, 6.45) is 2.06. The summed E-state index contributed by atoms with van der Waals surface area (Å²) in [7, 11) is 0. The molecule has 1 heterocycles. The van der Waals surface area contributed by atoms with Gasteiger partial charge in [-0.25, -0.2) is 0 Å². The first kappa shape index (κ1) is 21.0. The Kier molecular flexibility index (Phi) is 6.03. The average molecular weight is 391 g/mol. The van der Waals surface area contributed by atoms with Crippen molar-refractivity contribution in [2.75, 3.05) is 6.61 Å². The molecule has 0 saturated carbocycles. The van der Waals surface area contributed by atoms with Crippen LogP contribution in [0.15, 0.2) is 42.5 Å². The van der Waals surface area contributed by atoms with Crippen LogP contribution in [0.5, 0.6) is 5.75 Å². The van der Waals surface area contributed by atoms with Crippen LogP contribution in [0.2, 0.25) is 0 Å². The zero-order valence-electron chi connectivity index (χ0n) is 18.1. The van der Waals surface area contributed by atoms with E-state index in [-0.39, 0.29) is 17.0 Å². The molecule has 29 heavy (non-hydrogen) atoms. The molecule has 0 amide bonds. The lowest BCUT2D eigenvalue weighted by atomic mass is 9.73. The average Bonchev–Trinajstić information content (AvgIpc) is 2.64. The maximum Gasteiger partial charge on any atom is 0.306 e. The molecule has 0 aliphatic carbocycles. The second-order valence-electron chi connectivity index (χ2n) is 8.89. The van der Waals surface area contributed by atoms with Gasteiger partial charge in [0.15, 0.2) is 0 Å². The molecule has 0 spiro atoms. The Morgan fingerprint density at radius 3 is 2.38 bits per heavy atom. The molecule has 3 nitrogen and oxygen atoms in total. The molecule has 0 bridgehead atoms. The number of hydrogen-bond donors (Lipinski definition) is 0. The van der Waals surface area contributed by atoms with E-state index in [0.717, 1.165) is 28.9 Å². The molecule has 2 aromatic carbocycles. The number of hydrogen-bond acceptors (Lipinski definition) is 3. The van der Waals surface area contributed by atoms with Gasteiger partial charge in [0.25, 0.3) is 0 Å². The van der Waals surface area contributed by atoms with Crippen molar-refractivity contribution in [3.63, 3.8) is 0 Å². The Morgan fingerprint density at radius 1 is 1.03 bits per heavy atom. The third-order valence-corrected chi connectivity index (χ3v) is 5.19. The van der Waals surface area contributed by atoms with E-state index in [4.69, 9.17) is 9.47 Å². The minimum Gasteiger partial charge on any atom is -0.488 e. The summed E-state index contributed by atoms with van der Waals surface area (Å²) in [5.74, 6) is 7.32. The molecule has 0 unspecified atom stereocenters. The molecule has 0 atom stereocenters. The summed E-state index contributed by atoms with van der Waals surface area (Å²) >= 11 is 0. The van der Waals surface area contributed by atoms with E-state index >= 15 is 0 Å². The minimum atomic E-state index is -0.154. The van der Waals surface area contributed by atoms with E-state index in [9.17, 15) is 4.79 Å². The fourth-order valence-electron chi connectivity index (χ4n) is 4.10. The molecule has 152 valence electrons. The predicted octanol–water partition coefficient (Wildman–Crippen LogP) is 5.42. The van der Waals surface area contributed by atoms with E-state index in [1.165, 1.54) is 5.56 Å². The zero-order chi connectivity index (χ0) is 21.1. The highest BCUT2D eigenvalue weighted by Gasteiger charge is 2.38. The normalized spacial score (nSPS) is 16.0. The van der Waals surface area contributed by atoms with Crippen LogP contribution in [0, 0.1) is 11.8 Å². The van der Waals surface area contributed by atoms with Crippen LogP contribution in [0.25, 0.3) is 0 Å². The quantitative estimate of drug-likeness (QED) is 0.516. The van der Waals surface area contributed by atoms with Gasteiger partial charge in [0.1, 0.15) is 11.4 Å². The smallest absolute Gasteiger partial charge is 0.306 e. The number of esters is 1. The first-order valence-electron chi connectivity index (χ1n) is 10.3. The van der Waals surface area contributed by atoms with Crippen LogP contribution in [0.4, 0.5) is 0 Å². The third-order valence-electron chi connectivity index (χ3n) is 5.19. The fraction of sp³-hybridized carbons (Fsp3) is 0.423. The first-order chi connectivity index (χ1) is 13.7. The van der Waals surface area contributed by atoms with Crippen molar-refractivity contribution in [1.29, 1.82) is 0 Å². The Morgan fingerprint density at radius 2 is 1.69 bits per heavy atom. The topological polar surface area (TPSA) is 35.5 Å². The highest BCUT2D eigenvalue weighted by atomic mass is 16.5. The molecule has 0 radical (unpaired) electrons. The number of aryl methyl sites for hydroxylation is 1. The van der Waals surface area contributed by atoms with Gasteiger partial charge in [-0.2, -0.15) is 0 Å². The van der Waals surface area contributed by atoms with Gasteiger partial charge in [-0.1, -0.05) is 37.8 Å². The summed E-state index contributed by atoms with van der Waals surface area (Å²) in [6.45, 7) is 11.1. The molecular weight excluding hydrogens is 360 g/mol. The Labute approximate surface area is 174 Å². The maximum atomic E-state index is 11.5. The van der Waals surface area contributed by atoms with Gasteiger partial charge in [0.05, 0.1) is 6.61 Å². The van der Waals surface area contributed by atoms with Gasteiger partial charge in [0, 0.05) is 23.1 Å². The molecule has 0 fully saturated rings. The van der Waals surface area contributed by atoms with Crippen molar-refractivity contribution in [2.45, 2.75) is 64.9 Å². The van der Waals surface area contributed by atoms with Gasteiger partial charge < -0.3 is 9.47 Å². The zero-order valence-corrected chi connectivity index (χ0v) is 18.1. The maximum absolute atomic E-state index is 11.5. The van der Waals surface area contributed by atoms with Crippen LogP contribution in [-0.4, -0.2) is 18.2 Å². The van der Waals surface area contributed by atoms with Gasteiger partial charge in [0.2, 0.25) is 0 Å². The fourth-order valence-corrected chi connectivity index (χ4v) is 4.10. The van der Waals surface area contributed by atoms with Gasteiger partial charge in [-0.15, -0.1) is 0 Å². The van der Waals surface area contributed by atoms with Crippen molar-refractivity contribution >= 4 is 5.97 Å². The van der Waals surface area contributed by atoms with Crippen LogP contribution in [0.3, 0.4) is 0 Å². The molecule has 2 aromatic rings. The standard InChI is InChI=1S/C26H30O3/c1-6-28-24(27)16-14-20-9-7-19(8-10-20)11-12-21-13-15-23-22(17-21)25(2,3)18-26(4,5)29-23/h7-10,13,15,17H,6,14,16,18H2,1-5H3. The number of rotatable bonds is 4. The lowest BCUT2D eigenvalue weighted by Gasteiger charge is -2.42. The van der Waals surface area contributed by atoms with Crippen molar-refractivity contribution in [1.82, 2.24) is 0 Å². The molecule has 0 N–H and O–H groups in total. The summed E-state index contributed by atoms with van der Waals surface area (Å²) in [4.78, 5) is 11.5. The lowest BCUT2D eigenvalue weighted by molar-refractivity contribution is -0.143. The molecule has 3 heteroatoms. The Hall–Kier alpha value is -2.73. The van der Waals surface area contributed by atoms with E-state index in [0.29, 0.717) is 19.4 Å². The Bertz CT molecular complexity index is 940. The first-order valence-corrected chi connectivity index (χ1v) is 10.3. The summed E-state index contributed by atoms with van der Waals surface area (Å²) in [5, 5.41) is 0. The van der Waals surface area contributed by atoms with Crippen molar-refractivity contribution < 1.29 is 14.3 Å². The van der Waals surface area contributed by atoms with Crippen LogP contribution in [-0.2, 0) is 21.4 Å². The Balaban J connectivity index is 1.71. The largest absolute Gasteiger partial charge is 0.488 e. The monoisotopic (exact) mass is 390 g/mol. The second kappa shape index (κ2) is 8.33. The molecule has 0 aromatic heterocycles. The SMILES string of the molecule is CCOC(=O)CCc1ccc(C#Cc2ccc3c(c2)C(C)(C)CC(C)(C)O3)cc1. The summed E-state index contributed by atoms with van der Waals surface area (Å²) in [5.41, 5.74) is 4.18. The number of ether oxygens (including phenoxy) is 2. The minimum absolute atomic E-state index is 0.0509. The molecular formula is C26H30O3. The molecule has 1 aliphatic rings.